The van der Waals surface area contributed by atoms with Crippen molar-refractivity contribution in [1.82, 2.24) is 10.2 Å². The zero-order valence-electron chi connectivity index (χ0n) is 18.5. The lowest BCUT2D eigenvalue weighted by Crippen LogP contribution is -2.42. The van der Waals surface area contributed by atoms with Gasteiger partial charge in [-0.25, -0.2) is 0 Å². The molecular weight excluding hydrogens is 360 g/mol. The quantitative estimate of drug-likeness (QED) is 0.751. The van der Waals surface area contributed by atoms with Crippen molar-refractivity contribution in [3.8, 4) is 5.75 Å². The second-order valence-electron chi connectivity index (χ2n) is 9.06. The average Bonchev–Trinajstić information content (AvgIpc) is 3.25. The van der Waals surface area contributed by atoms with E-state index >= 15 is 0 Å². The molecule has 1 aliphatic carbocycles. The van der Waals surface area contributed by atoms with Crippen LogP contribution in [0.15, 0.2) is 42.5 Å². The molecule has 0 radical (unpaired) electrons. The fourth-order valence-corrected chi connectivity index (χ4v) is 4.67. The second-order valence-corrected chi connectivity index (χ2v) is 9.06. The van der Waals surface area contributed by atoms with E-state index in [1.165, 1.54) is 11.1 Å². The lowest BCUT2D eigenvalue weighted by Gasteiger charge is -2.25. The maximum atomic E-state index is 13.0. The summed E-state index contributed by atoms with van der Waals surface area (Å²) in [6.07, 6.45) is 0.825. The number of carbonyl (C=O) groups is 1. The minimum absolute atomic E-state index is 0.0193. The highest BCUT2D eigenvalue weighted by Crippen LogP contribution is 2.59. The van der Waals surface area contributed by atoms with Crippen molar-refractivity contribution in [2.45, 2.75) is 45.6 Å². The number of hydrogen-bond donors (Lipinski definition) is 2. The summed E-state index contributed by atoms with van der Waals surface area (Å²) < 4.78 is 0. The molecule has 2 aromatic rings. The van der Waals surface area contributed by atoms with Crippen molar-refractivity contribution >= 4 is 5.91 Å². The number of amides is 1. The summed E-state index contributed by atoms with van der Waals surface area (Å²) in [5, 5.41) is 13.2. The van der Waals surface area contributed by atoms with Crippen molar-refractivity contribution in [2.75, 3.05) is 20.6 Å². The number of hydrogen-bond acceptors (Lipinski definition) is 3. The van der Waals surface area contributed by atoms with Crippen LogP contribution in [0.25, 0.3) is 0 Å². The predicted molar refractivity (Wildman–Crippen MR) is 118 cm³/mol. The van der Waals surface area contributed by atoms with Crippen molar-refractivity contribution in [1.29, 1.82) is 0 Å². The minimum Gasteiger partial charge on any atom is -0.507 e. The van der Waals surface area contributed by atoms with Crippen LogP contribution in [0.5, 0.6) is 5.75 Å². The monoisotopic (exact) mass is 394 g/mol. The molecule has 0 saturated heterocycles. The average molecular weight is 395 g/mol. The van der Waals surface area contributed by atoms with Crippen LogP contribution in [0.1, 0.15) is 36.1 Å². The van der Waals surface area contributed by atoms with E-state index in [0.717, 1.165) is 17.5 Å². The fraction of sp³-hybridized carbons (Fsp3) is 0.480. The van der Waals surface area contributed by atoms with Gasteiger partial charge in [0, 0.05) is 18.0 Å². The Hall–Kier alpha value is -2.33. The van der Waals surface area contributed by atoms with Crippen molar-refractivity contribution in [3.63, 3.8) is 0 Å². The van der Waals surface area contributed by atoms with Gasteiger partial charge in [-0.3, -0.25) is 4.79 Å². The van der Waals surface area contributed by atoms with E-state index in [1.54, 1.807) is 0 Å². The molecule has 2 N–H and O–H groups in total. The lowest BCUT2D eigenvalue weighted by atomic mass is 9.94. The van der Waals surface area contributed by atoms with Gasteiger partial charge in [0.05, 0.1) is 5.92 Å². The van der Waals surface area contributed by atoms with Gasteiger partial charge >= 0.3 is 0 Å². The number of benzene rings is 2. The zero-order valence-corrected chi connectivity index (χ0v) is 18.5. The molecular formula is C25H34N2O2. The molecule has 2 aromatic carbocycles. The van der Waals surface area contributed by atoms with Crippen LogP contribution in [-0.2, 0) is 16.6 Å². The van der Waals surface area contributed by atoms with E-state index < -0.39 is 0 Å². The number of aryl methyl sites for hydroxylation is 2. The Bertz CT molecular complexity index is 855. The third-order valence-electron chi connectivity index (χ3n) is 6.93. The highest BCUT2D eigenvalue weighted by molar-refractivity contribution is 5.85. The topological polar surface area (TPSA) is 52.6 Å². The van der Waals surface area contributed by atoms with Gasteiger partial charge in [-0.05, 0) is 62.5 Å². The number of rotatable bonds is 7. The van der Waals surface area contributed by atoms with E-state index in [9.17, 15) is 9.90 Å². The zero-order chi connectivity index (χ0) is 21.3. The fourth-order valence-electron chi connectivity index (χ4n) is 4.67. The molecule has 0 unspecified atom stereocenters. The number of nitrogens with zero attached hydrogens (tertiary/aromatic N) is 1. The van der Waals surface area contributed by atoms with Crippen LogP contribution in [0, 0.1) is 25.7 Å². The summed E-state index contributed by atoms with van der Waals surface area (Å²) in [5.74, 6) is 0.871. The Labute approximate surface area is 174 Å². The smallest absolute Gasteiger partial charge is 0.224 e. The predicted octanol–water partition coefficient (Wildman–Crippen LogP) is 3.82. The van der Waals surface area contributed by atoms with E-state index in [-0.39, 0.29) is 23.3 Å². The number of carbonyl (C=O) groups excluding carboxylic acids is 1. The van der Waals surface area contributed by atoms with Gasteiger partial charge < -0.3 is 15.3 Å². The maximum absolute atomic E-state index is 13.0. The highest BCUT2D eigenvalue weighted by atomic mass is 16.3. The van der Waals surface area contributed by atoms with E-state index in [1.807, 2.05) is 58.3 Å². The summed E-state index contributed by atoms with van der Waals surface area (Å²) in [4.78, 5) is 15.1. The molecule has 29 heavy (non-hydrogen) atoms. The molecule has 0 spiro atoms. The van der Waals surface area contributed by atoms with Crippen LogP contribution in [-0.4, -0.2) is 42.6 Å². The molecule has 4 atom stereocenters. The first-order chi connectivity index (χ1) is 13.7. The van der Waals surface area contributed by atoms with Gasteiger partial charge in [-0.2, -0.15) is 0 Å². The first kappa shape index (κ1) is 21.4. The molecule has 4 heteroatoms. The Morgan fingerprint density at radius 1 is 1.17 bits per heavy atom. The largest absolute Gasteiger partial charge is 0.507 e. The first-order valence-corrected chi connectivity index (χ1v) is 10.4. The molecule has 3 rings (SSSR count). The molecule has 4 nitrogen and oxygen atoms in total. The summed E-state index contributed by atoms with van der Waals surface area (Å²) in [6, 6.07) is 14.6. The number of aromatic hydroxyl groups is 1. The number of likely N-dealkylation sites (N-methyl/N-ethyl adjacent to an activating group) is 1. The molecule has 0 heterocycles. The minimum atomic E-state index is -0.0792. The Morgan fingerprint density at radius 2 is 1.76 bits per heavy atom. The van der Waals surface area contributed by atoms with Crippen molar-refractivity contribution in [2.24, 2.45) is 11.8 Å². The third-order valence-corrected chi connectivity index (χ3v) is 6.93. The lowest BCUT2D eigenvalue weighted by molar-refractivity contribution is -0.123. The van der Waals surface area contributed by atoms with Crippen LogP contribution < -0.4 is 5.32 Å². The van der Waals surface area contributed by atoms with Gasteiger partial charge in [-0.15, -0.1) is 0 Å². The standard InChI is InChI=1S/C25H34N2O2/c1-16-12-19(13-17(2)23(16)28)14-21(27(5)6)15-26-24(29)22-18(3)25(22,4)20-10-8-7-9-11-20/h7-13,18,21-22,28H,14-15H2,1-6H3,(H,26,29)/t18-,21-,22-,25+/m0/s1. The molecule has 1 aliphatic rings. The maximum Gasteiger partial charge on any atom is 0.224 e. The third kappa shape index (κ3) is 4.18. The first-order valence-electron chi connectivity index (χ1n) is 10.4. The molecule has 1 amide bonds. The van der Waals surface area contributed by atoms with Gasteiger partial charge in [0.1, 0.15) is 5.75 Å². The van der Waals surface area contributed by atoms with Crippen LogP contribution in [0.4, 0.5) is 0 Å². The summed E-state index contributed by atoms with van der Waals surface area (Å²) >= 11 is 0. The summed E-state index contributed by atoms with van der Waals surface area (Å²) in [6.45, 7) is 8.83. The molecule has 0 aliphatic heterocycles. The van der Waals surface area contributed by atoms with Crippen LogP contribution >= 0.6 is 0 Å². The normalized spacial score (nSPS) is 24.4. The Balaban J connectivity index is 1.65. The number of phenolic OH excluding ortho intramolecular Hbond substituents is 1. The molecule has 1 fully saturated rings. The van der Waals surface area contributed by atoms with Gasteiger partial charge in [-0.1, -0.05) is 56.3 Å². The second kappa shape index (κ2) is 8.19. The molecule has 0 aromatic heterocycles. The van der Waals surface area contributed by atoms with Crippen LogP contribution in [0.2, 0.25) is 0 Å². The van der Waals surface area contributed by atoms with Gasteiger partial charge in [0.25, 0.3) is 0 Å². The summed E-state index contributed by atoms with van der Waals surface area (Å²) in [7, 11) is 4.09. The molecule has 1 saturated carbocycles. The van der Waals surface area contributed by atoms with Crippen molar-refractivity contribution in [3.05, 3.63) is 64.7 Å². The van der Waals surface area contributed by atoms with Gasteiger partial charge in [0.2, 0.25) is 5.91 Å². The van der Waals surface area contributed by atoms with E-state index in [0.29, 0.717) is 18.2 Å². The van der Waals surface area contributed by atoms with Crippen molar-refractivity contribution < 1.29 is 9.90 Å². The number of nitrogens with one attached hydrogen (secondary N) is 1. The Kier molecular flexibility index (Phi) is 6.04. The highest BCUT2D eigenvalue weighted by Gasteiger charge is 2.62. The molecule has 0 bridgehead atoms. The van der Waals surface area contributed by atoms with E-state index in [2.05, 4.69) is 36.2 Å². The van der Waals surface area contributed by atoms with Gasteiger partial charge in [0.15, 0.2) is 0 Å². The molecule has 156 valence electrons. The SMILES string of the molecule is Cc1cc(C[C@@H](CNC(=O)[C@@H]2[C@H](C)[C@]2(C)c2ccccc2)N(C)C)cc(C)c1O. The number of phenols is 1. The summed E-state index contributed by atoms with van der Waals surface area (Å²) in [5.41, 5.74) is 4.13. The Morgan fingerprint density at radius 3 is 2.31 bits per heavy atom. The van der Waals surface area contributed by atoms with Crippen LogP contribution in [0.3, 0.4) is 0 Å². The van der Waals surface area contributed by atoms with E-state index in [4.69, 9.17) is 0 Å².